The summed E-state index contributed by atoms with van der Waals surface area (Å²) in [5, 5.41) is 13.1. The van der Waals surface area contributed by atoms with E-state index < -0.39 is 32.0 Å². The van der Waals surface area contributed by atoms with Crippen LogP contribution in [0.15, 0.2) is 9.65 Å². The van der Waals surface area contributed by atoms with Gasteiger partial charge in [-0.15, -0.1) is 0 Å². The van der Waals surface area contributed by atoms with E-state index in [1.807, 2.05) is 13.8 Å². The standard InChI is InChI=1S/C11H18N2O3.C4H9NO3Si.Na/c1-4-6-7(3)11(5-2)8(14)12-10(16)13-9(11)15;1-7-9(3,8-2)5-4-6;/h7H,4-6H2,1-3H3,(H2,12,13,14,15,16);1-3H3;/q;;+1/p-1. The maximum Gasteiger partial charge on any atom is 1.00 e. The van der Waals surface area contributed by atoms with Crippen LogP contribution in [0.3, 0.4) is 0 Å². The first-order valence-corrected chi connectivity index (χ1v) is 10.2. The molecule has 26 heavy (non-hydrogen) atoms. The van der Waals surface area contributed by atoms with Gasteiger partial charge in [0.25, 0.3) is 5.91 Å². The molecule has 0 radical (unpaired) electrons. The molecular formula is C15H26N3NaO6Si. The average Bonchev–Trinajstić information content (AvgIpc) is 2.56. The van der Waals surface area contributed by atoms with Crippen molar-refractivity contribution in [1.82, 2.24) is 5.32 Å². The summed E-state index contributed by atoms with van der Waals surface area (Å²) in [5.74, 6) is -1.20. The predicted molar refractivity (Wildman–Crippen MR) is 91.1 cm³/mol. The van der Waals surface area contributed by atoms with Crippen LogP contribution in [-0.4, -0.2) is 46.9 Å². The molecular weight excluding hydrogens is 369 g/mol. The maximum absolute atomic E-state index is 11.9. The molecule has 1 rings (SSSR count). The van der Waals surface area contributed by atoms with Crippen molar-refractivity contribution in [1.29, 1.82) is 0 Å². The zero-order chi connectivity index (χ0) is 19.7. The molecule has 0 fully saturated rings. The van der Waals surface area contributed by atoms with Crippen LogP contribution in [0.25, 0.3) is 0 Å². The number of hydrogen-bond donors (Lipinski definition) is 1. The Hall–Kier alpha value is -0.873. The van der Waals surface area contributed by atoms with E-state index in [4.69, 9.17) is 8.85 Å². The van der Waals surface area contributed by atoms with Crippen LogP contribution in [0.4, 0.5) is 0 Å². The number of amides is 2. The van der Waals surface area contributed by atoms with Gasteiger partial charge in [0.05, 0.1) is 6.02 Å². The van der Waals surface area contributed by atoms with E-state index in [-0.39, 0.29) is 35.5 Å². The minimum absolute atomic E-state index is 0. The SMILES string of the molecule is CCCC(C)C1(CC)C(=O)N=C([O-])NC1=O.CO[Si](C)(N=C=O)OC.[Na+]. The molecule has 0 aromatic heterocycles. The van der Waals surface area contributed by atoms with Crippen LogP contribution in [0.5, 0.6) is 0 Å². The van der Waals surface area contributed by atoms with Gasteiger partial charge in [0, 0.05) is 20.8 Å². The summed E-state index contributed by atoms with van der Waals surface area (Å²) in [7, 11) is 0.414. The van der Waals surface area contributed by atoms with Crippen molar-refractivity contribution >= 4 is 32.6 Å². The molecule has 0 aliphatic carbocycles. The van der Waals surface area contributed by atoms with Gasteiger partial charge in [-0.05, 0) is 18.8 Å². The zero-order valence-electron chi connectivity index (χ0n) is 16.5. The molecule has 0 spiro atoms. The van der Waals surface area contributed by atoms with Crippen molar-refractivity contribution in [3.05, 3.63) is 0 Å². The van der Waals surface area contributed by atoms with Gasteiger partial charge in [0.1, 0.15) is 5.41 Å². The van der Waals surface area contributed by atoms with Crippen molar-refractivity contribution in [2.24, 2.45) is 21.0 Å². The Morgan fingerprint density at radius 2 is 1.88 bits per heavy atom. The number of aliphatic imine (C=N–C) groups is 1. The smallest absolute Gasteiger partial charge is 0.846 e. The number of amidine groups is 1. The van der Waals surface area contributed by atoms with Crippen LogP contribution in [0.2, 0.25) is 6.55 Å². The van der Waals surface area contributed by atoms with Crippen molar-refractivity contribution < 1.29 is 57.9 Å². The normalized spacial score (nSPS) is 20.5. The molecule has 1 heterocycles. The maximum atomic E-state index is 11.9. The summed E-state index contributed by atoms with van der Waals surface area (Å²) in [6.45, 7) is 7.27. The largest absolute Gasteiger partial charge is 1.00 e. The van der Waals surface area contributed by atoms with Gasteiger partial charge in [-0.25, -0.2) is 9.79 Å². The fourth-order valence-electron chi connectivity index (χ4n) is 2.56. The van der Waals surface area contributed by atoms with E-state index in [1.165, 1.54) is 20.3 Å². The van der Waals surface area contributed by atoms with Crippen LogP contribution in [-0.2, 0) is 23.2 Å². The Bertz CT molecular complexity index is 564. The number of carbonyl (C=O) groups is 2. The molecule has 1 aliphatic heterocycles. The first-order chi connectivity index (χ1) is 11.7. The minimum Gasteiger partial charge on any atom is -0.846 e. The number of isocyanates is 1. The average molecular weight is 395 g/mol. The van der Waals surface area contributed by atoms with Crippen molar-refractivity contribution in [3.63, 3.8) is 0 Å². The topological polar surface area (TPSA) is 129 Å². The van der Waals surface area contributed by atoms with E-state index in [2.05, 4.69) is 15.0 Å². The van der Waals surface area contributed by atoms with Gasteiger partial charge in [0.2, 0.25) is 12.0 Å². The molecule has 2 unspecified atom stereocenters. The van der Waals surface area contributed by atoms with Crippen LogP contribution >= 0.6 is 0 Å². The molecule has 2 amide bonds. The quantitative estimate of drug-likeness (QED) is 0.217. The van der Waals surface area contributed by atoms with Crippen molar-refractivity contribution in [2.45, 2.75) is 46.6 Å². The summed E-state index contributed by atoms with van der Waals surface area (Å²) < 4.78 is 13.0. The van der Waals surface area contributed by atoms with Crippen molar-refractivity contribution in [2.75, 3.05) is 14.2 Å². The number of rotatable bonds is 7. The molecule has 142 valence electrons. The molecule has 11 heteroatoms. The van der Waals surface area contributed by atoms with Crippen LogP contribution in [0, 0.1) is 11.3 Å². The molecule has 2 atom stereocenters. The number of hydrogen-bond acceptors (Lipinski definition) is 7. The summed E-state index contributed by atoms with van der Waals surface area (Å²) in [6.07, 6.45) is 3.41. The van der Waals surface area contributed by atoms with E-state index in [9.17, 15) is 19.5 Å². The van der Waals surface area contributed by atoms with Crippen LogP contribution < -0.4 is 40.0 Å². The predicted octanol–water partition coefficient (Wildman–Crippen LogP) is -2.62. The Morgan fingerprint density at radius 3 is 2.19 bits per heavy atom. The second-order valence-electron chi connectivity index (χ2n) is 5.70. The van der Waals surface area contributed by atoms with Crippen molar-refractivity contribution in [3.8, 4) is 0 Å². The van der Waals surface area contributed by atoms with Gasteiger partial charge in [-0.2, -0.15) is 4.66 Å². The number of nitrogens with one attached hydrogen (secondary N) is 1. The molecule has 0 saturated heterocycles. The first kappa shape index (κ1) is 27.3. The molecule has 0 aromatic rings. The van der Waals surface area contributed by atoms with E-state index >= 15 is 0 Å². The molecule has 9 nitrogen and oxygen atoms in total. The zero-order valence-corrected chi connectivity index (χ0v) is 19.5. The third-order valence-corrected chi connectivity index (χ3v) is 6.35. The van der Waals surface area contributed by atoms with Gasteiger partial charge >= 0.3 is 38.3 Å². The first-order valence-electron chi connectivity index (χ1n) is 7.98. The molecule has 0 aromatic carbocycles. The monoisotopic (exact) mass is 395 g/mol. The molecule has 1 aliphatic rings. The fourth-order valence-corrected chi connectivity index (χ4v) is 3.07. The molecule has 0 saturated carbocycles. The Kier molecular flexibility index (Phi) is 13.2. The molecule has 1 N–H and O–H groups in total. The summed E-state index contributed by atoms with van der Waals surface area (Å²) in [5.41, 5.74) is -1.15. The minimum atomic E-state index is -2.50. The second kappa shape index (κ2) is 12.5. The summed E-state index contributed by atoms with van der Waals surface area (Å²) in [6, 6.07) is -0.845. The van der Waals surface area contributed by atoms with Gasteiger partial charge < -0.3 is 19.3 Å². The van der Waals surface area contributed by atoms with E-state index in [1.54, 1.807) is 13.5 Å². The summed E-state index contributed by atoms with van der Waals surface area (Å²) in [4.78, 5) is 36.8. The Morgan fingerprint density at radius 1 is 1.35 bits per heavy atom. The fraction of sp³-hybridized carbons (Fsp3) is 0.733. The van der Waals surface area contributed by atoms with E-state index in [0.29, 0.717) is 6.42 Å². The van der Waals surface area contributed by atoms with Gasteiger partial charge in [-0.1, -0.05) is 27.2 Å². The number of nitrogens with zero attached hydrogens (tertiary/aromatic N) is 2. The number of carbonyl (C=O) groups excluding carboxylic acids is 3. The van der Waals surface area contributed by atoms with Gasteiger partial charge in [-0.3, -0.25) is 9.59 Å². The second-order valence-corrected chi connectivity index (χ2v) is 8.54. The van der Waals surface area contributed by atoms with Crippen LogP contribution in [0.1, 0.15) is 40.0 Å². The molecule has 0 bridgehead atoms. The Balaban J connectivity index is 0. The van der Waals surface area contributed by atoms with Gasteiger partial charge in [0.15, 0.2) is 0 Å². The third kappa shape index (κ3) is 6.69. The Labute approximate surface area is 177 Å². The third-order valence-electron chi connectivity index (χ3n) is 4.34. The van der Waals surface area contributed by atoms with E-state index in [0.717, 1.165) is 12.8 Å². The summed E-state index contributed by atoms with van der Waals surface area (Å²) >= 11 is 0.